The van der Waals surface area contributed by atoms with Gasteiger partial charge in [-0.2, -0.15) is 0 Å². The molecule has 2 amide bonds. The van der Waals surface area contributed by atoms with E-state index in [0.717, 1.165) is 23.5 Å². The molecule has 4 nitrogen and oxygen atoms in total. The monoisotopic (exact) mass is 361 g/mol. The van der Waals surface area contributed by atoms with Gasteiger partial charge in [0.05, 0.1) is 12.2 Å². The average molecular weight is 361 g/mol. The van der Waals surface area contributed by atoms with E-state index in [1.165, 1.54) is 6.07 Å². The van der Waals surface area contributed by atoms with Gasteiger partial charge in [0.1, 0.15) is 10.8 Å². The van der Waals surface area contributed by atoms with Crippen molar-refractivity contribution >= 4 is 17.4 Å². The summed E-state index contributed by atoms with van der Waals surface area (Å²) in [5, 5.41) is 8.63. The number of carbonyl (C=O) groups excluding carboxylic acids is 1. The molecular formula is C19H24FN3OS. The fourth-order valence-corrected chi connectivity index (χ4v) is 3.75. The lowest BCUT2D eigenvalue weighted by atomic mass is 9.93. The largest absolute Gasteiger partial charge is 0.337 e. The molecular weight excluding hydrogens is 337 g/mol. The zero-order chi connectivity index (χ0) is 18.1. The van der Waals surface area contributed by atoms with E-state index in [0.29, 0.717) is 18.7 Å². The van der Waals surface area contributed by atoms with Gasteiger partial charge < -0.3 is 10.6 Å². The molecule has 0 aliphatic heterocycles. The lowest BCUT2D eigenvalue weighted by Crippen LogP contribution is -2.39. The van der Waals surface area contributed by atoms with Crippen molar-refractivity contribution in [1.82, 2.24) is 15.6 Å². The molecule has 0 spiro atoms. The second kappa shape index (κ2) is 6.75. The molecule has 0 saturated heterocycles. The third-order valence-corrected chi connectivity index (χ3v) is 5.46. The molecule has 1 heterocycles. The molecule has 1 aliphatic carbocycles. The molecule has 1 aliphatic rings. The van der Waals surface area contributed by atoms with Crippen LogP contribution in [0.5, 0.6) is 0 Å². The van der Waals surface area contributed by atoms with Crippen LogP contribution in [0.2, 0.25) is 0 Å². The van der Waals surface area contributed by atoms with E-state index in [9.17, 15) is 9.18 Å². The summed E-state index contributed by atoms with van der Waals surface area (Å²) < 4.78 is 14.0. The number of nitrogens with one attached hydrogen (secondary N) is 2. The molecule has 134 valence electrons. The Morgan fingerprint density at radius 1 is 1.28 bits per heavy atom. The summed E-state index contributed by atoms with van der Waals surface area (Å²) in [5.41, 5.74) is 1.49. The Hall–Kier alpha value is -1.95. The Morgan fingerprint density at radius 3 is 2.60 bits per heavy atom. The first-order valence-corrected chi connectivity index (χ1v) is 9.40. The van der Waals surface area contributed by atoms with Gasteiger partial charge in [0.25, 0.3) is 0 Å². The lowest BCUT2D eigenvalue weighted by molar-refractivity contribution is 0.239. The van der Waals surface area contributed by atoms with Crippen molar-refractivity contribution in [3.8, 4) is 0 Å². The number of benzene rings is 1. The number of halogens is 1. The van der Waals surface area contributed by atoms with Crippen LogP contribution < -0.4 is 10.6 Å². The minimum atomic E-state index is -0.247. The molecule has 0 bridgehead atoms. The van der Waals surface area contributed by atoms with Crippen LogP contribution in [-0.4, -0.2) is 17.6 Å². The maximum Gasteiger partial charge on any atom is 0.315 e. The molecule has 0 radical (unpaired) electrons. The van der Waals surface area contributed by atoms with Crippen LogP contribution in [-0.2, 0) is 17.4 Å². The minimum absolute atomic E-state index is 0.00905. The smallest absolute Gasteiger partial charge is 0.315 e. The highest BCUT2D eigenvalue weighted by Crippen LogP contribution is 2.48. The molecule has 1 aromatic heterocycles. The maximum atomic E-state index is 14.0. The van der Waals surface area contributed by atoms with E-state index in [1.54, 1.807) is 17.4 Å². The molecule has 25 heavy (non-hydrogen) atoms. The third kappa shape index (κ3) is 4.18. The standard InChI is InChI=1S/C19H24FN3OS/c1-18(2,3)15-11-25-16(23-15)10-21-17(24)22-12-19(8-9-19)13-6-4-5-7-14(13)20/h4-7,11H,8-10,12H2,1-3H3,(H2,21,22,24). The summed E-state index contributed by atoms with van der Waals surface area (Å²) in [4.78, 5) is 16.6. The van der Waals surface area contributed by atoms with Gasteiger partial charge in [0.2, 0.25) is 0 Å². The fraction of sp³-hybridized carbons (Fsp3) is 0.474. The number of hydrogen-bond acceptors (Lipinski definition) is 3. The number of thiazole rings is 1. The summed E-state index contributed by atoms with van der Waals surface area (Å²) in [5.74, 6) is -0.195. The predicted molar refractivity (Wildman–Crippen MR) is 98.4 cm³/mol. The van der Waals surface area contributed by atoms with Crippen molar-refractivity contribution in [2.45, 2.75) is 51.0 Å². The minimum Gasteiger partial charge on any atom is -0.337 e. The van der Waals surface area contributed by atoms with Crippen molar-refractivity contribution in [2.24, 2.45) is 0 Å². The number of aromatic nitrogens is 1. The van der Waals surface area contributed by atoms with Crippen LogP contribution in [0, 0.1) is 5.82 Å². The number of urea groups is 1. The van der Waals surface area contributed by atoms with Crippen molar-refractivity contribution < 1.29 is 9.18 Å². The normalized spacial score (nSPS) is 15.7. The summed E-state index contributed by atoms with van der Waals surface area (Å²) in [7, 11) is 0. The number of carbonyl (C=O) groups is 1. The molecule has 3 rings (SSSR count). The van der Waals surface area contributed by atoms with Gasteiger partial charge in [-0.1, -0.05) is 39.0 Å². The Bertz CT molecular complexity index is 762. The highest BCUT2D eigenvalue weighted by Gasteiger charge is 2.45. The first kappa shape index (κ1) is 17.9. The van der Waals surface area contributed by atoms with E-state index < -0.39 is 0 Å². The van der Waals surface area contributed by atoms with E-state index in [-0.39, 0.29) is 22.7 Å². The molecule has 1 saturated carbocycles. The van der Waals surface area contributed by atoms with Crippen molar-refractivity contribution in [2.75, 3.05) is 6.54 Å². The zero-order valence-corrected chi connectivity index (χ0v) is 15.7. The molecule has 6 heteroatoms. The van der Waals surface area contributed by atoms with Gasteiger partial charge in [-0.3, -0.25) is 0 Å². The average Bonchev–Trinajstić information content (AvgIpc) is 3.17. The molecule has 2 N–H and O–H groups in total. The van der Waals surface area contributed by atoms with E-state index in [1.807, 2.05) is 17.5 Å². The highest BCUT2D eigenvalue weighted by atomic mass is 32.1. The van der Waals surface area contributed by atoms with E-state index in [2.05, 4.69) is 36.4 Å². The summed E-state index contributed by atoms with van der Waals surface area (Å²) in [6, 6.07) is 6.58. The summed E-state index contributed by atoms with van der Waals surface area (Å²) >= 11 is 1.55. The molecule has 0 unspecified atom stereocenters. The van der Waals surface area contributed by atoms with E-state index in [4.69, 9.17) is 0 Å². The van der Waals surface area contributed by atoms with Crippen LogP contribution in [0.15, 0.2) is 29.6 Å². The van der Waals surface area contributed by atoms with E-state index >= 15 is 0 Å². The quantitative estimate of drug-likeness (QED) is 0.842. The second-order valence-electron chi connectivity index (χ2n) is 7.67. The Labute approximate surface area is 151 Å². The van der Waals surface area contributed by atoms with Gasteiger partial charge in [-0.15, -0.1) is 11.3 Å². The second-order valence-corrected chi connectivity index (χ2v) is 8.62. The summed E-state index contributed by atoms with van der Waals surface area (Å²) in [6.45, 7) is 7.20. The number of rotatable bonds is 5. The molecule has 1 fully saturated rings. The summed E-state index contributed by atoms with van der Waals surface area (Å²) in [6.07, 6.45) is 1.80. The van der Waals surface area contributed by atoms with Crippen LogP contribution in [0.4, 0.5) is 9.18 Å². The zero-order valence-electron chi connectivity index (χ0n) is 14.9. The predicted octanol–water partition coefficient (Wildman–Crippen LogP) is 4.11. The van der Waals surface area contributed by atoms with Crippen LogP contribution in [0.3, 0.4) is 0 Å². The first-order chi connectivity index (χ1) is 11.8. The highest BCUT2D eigenvalue weighted by molar-refractivity contribution is 7.09. The molecule has 2 aromatic rings. The number of amides is 2. The van der Waals surface area contributed by atoms with Crippen molar-refractivity contribution in [3.63, 3.8) is 0 Å². The Morgan fingerprint density at radius 2 is 2.00 bits per heavy atom. The fourth-order valence-electron chi connectivity index (χ4n) is 2.79. The SMILES string of the molecule is CC(C)(C)c1csc(CNC(=O)NCC2(c3ccccc3F)CC2)n1. The Balaban J connectivity index is 1.51. The molecule has 0 atom stereocenters. The van der Waals surface area contributed by atoms with Crippen LogP contribution in [0.25, 0.3) is 0 Å². The Kier molecular flexibility index (Phi) is 4.82. The number of hydrogen-bond donors (Lipinski definition) is 2. The third-order valence-electron chi connectivity index (χ3n) is 4.61. The van der Waals surface area contributed by atoms with Crippen LogP contribution in [0.1, 0.15) is 49.9 Å². The van der Waals surface area contributed by atoms with Gasteiger partial charge in [-0.25, -0.2) is 14.2 Å². The first-order valence-electron chi connectivity index (χ1n) is 8.52. The van der Waals surface area contributed by atoms with Gasteiger partial charge >= 0.3 is 6.03 Å². The lowest BCUT2D eigenvalue weighted by Gasteiger charge is -2.17. The van der Waals surface area contributed by atoms with Gasteiger partial charge in [-0.05, 0) is 24.5 Å². The molecule has 1 aromatic carbocycles. The topological polar surface area (TPSA) is 54.0 Å². The van der Waals surface area contributed by atoms with Crippen molar-refractivity contribution in [3.05, 3.63) is 51.7 Å². The van der Waals surface area contributed by atoms with Gasteiger partial charge in [0, 0.05) is 22.8 Å². The van der Waals surface area contributed by atoms with Crippen LogP contribution >= 0.6 is 11.3 Å². The number of nitrogens with zero attached hydrogens (tertiary/aromatic N) is 1. The van der Waals surface area contributed by atoms with Gasteiger partial charge in [0.15, 0.2) is 0 Å². The maximum absolute atomic E-state index is 14.0. The van der Waals surface area contributed by atoms with Crippen molar-refractivity contribution in [1.29, 1.82) is 0 Å².